The van der Waals surface area contributed by atoms with Crippen molar-refractivity contribution in [2.75, 3.05) is 0 Å². The maximum atomic E-state index is 11.1. The average molecular weight is 234 g/mol. The fourth-order valence-corrected chi connectivity index (χ4v) is 2.22. The summed E-state index contributed by atoms with van der Waals surface area (Å²) in [7, 11) is 0. The predicted octanol–water partition coefficient (Wildman–Crippen LogP) is 3.68. The third kappa shape index (κ3) is 4.22. The summed E-state index contributed by atoms with van der Waals surface area (Å²) >= 11 is 0. The number of carboxylic acids is 1. The molecule has 0 saturated heterocycles. The summed E-state index contributed by atoms with van der Waals surface area (Å²) in [6, 6.07) is 8.32. The number of aryl methyl sites for hydroxylation is 2. The molecule has 0 aromatic heterocycles. The van der Waals surface area contributed by atoms with Crippen molar-refractivity contribution < 1.29 is 9.90 Å². The zero-order chi connectivity index (χ0) is 12.7. The van der Waals surface area contributed by atoms with Crippen molar-refractivity contribution in [3.05, 3.63) is 35.4 Å². The molecule has 0 amide bonds. The number of rotatable bonds is 7. The van der Waals surface area contributed by atoms with E-state index in [0.717, 1.165) is 32.1 Å². The third-order valence-electron chi connectivity index (χ3n) is 3.25. The van der Waals surface area contributed by atoms with E-state index in [4.69, 9.17) is 5.11 Å². The summed E-state index contributed by atoms with van der Waals surface area (Å²) in [5, 5.41) is 9.11. The lowest BCUT2D eigenvalue weighted by atomic mass is 9.93. The molecule has 0 fully saturated rings. The molecule has 1 N–H and O–H groups in total. The van der Waals surface area contributed by atoms with E-state index in [1.165, 1.54) is 11.1 Å². The molecule has 0 aliphatic rings. The molecule has 1 rings (SSSR count). The van der Waals surface area contributed by atoms with Gasteiger partial charge in [0.15, 0.2) is 0 Å². The van der Waals surface area contributed by atoms with Crippen molar-refractivity contribution in [2.45, 2.75) is 46.0 Å². The zero-order valence-corrected chi connectivity index (χ0v) is 10.8. The Bertz CT molecular complexity index is 358. The van der Waals surface area contributed by atoms with E-state index in [1.54, 1.807) is 0 Å². The molecular formula is C15H22O2. The first-order valence-electron chi connectivity index (χ1n) is 6.48. The van der Waals surface area contributed by atoms with Gasteiger partial charge in [-0.05, 0) is 36.8 Å². The van der Waals surface area contributed by atoms with Crippen molar-refractivity contribution in [3.63, 3.8) is 0 Å². The van der Waals surface area contributed by atoms with E-state index >= 15 is 0 Å². The molecule has 1 atom stereocenters. The Labute approximate surface area is 104 Å². The molecule has 0 aliphatic carbocycles. The van der Waals surface area contributed by atoms with Crippen LogP contribution in [-0.4, -0.2) is 11.1 Å². The highest BCUT2D eigenvalue weighted by Gasteiger charge is 2.16. The number of hydrogen-bond acceptors (Lipinski definition) is 1. The lowest BCUT2D eigenvalue weighted by Gasteiger charge is -2.12. The standard InChI is InChI=1S/C15H22O2/c1-3-7-14(15(16)17)11-10-13-9-6-5-8-12(13)4-2/h5-6,8-9,14H,3-4,7,10-11H2,1-2H3,(H,16,17). The normalized spacial score (nSPS) is 12.4. The topological polar surface area (TPSA) is 37.3 Å². The van der Waals surface area contributed by atoms with Gasteiger partial charge in [0.25, 0.3) is 0 Å². The molecule has 2 heteroatoms. The van der Waals surface area contributed by atoms with Gasteiger partial charge in [0.2, 0.25) is 0 Å². The maximum Gasteiger partial charge on any atom is 0.306 e. The smallest absolute Gasteiger partial charge is 0.306 e. The molecule has 0 radical (unpaired) electrons. The molecule has 0 spiro atoms. The Kier molecular flexibility index (Phi) is 5.75. The second-order valence-electron chi connectivity index (χ2n) is 4.48. The molecular weight excluding hydrogens is 212 g/mol. The van der Waals surface area contributed by atoms with Crippen molar-refractivity contribution in [1.82, 2.24) is 0 Å². The number of carbonyl (C=O) groups is 1. The number of hydrogen-bond donors (Lipinski definition) is 1. The largest absolute Gasteiger partial charge is 0.481 e. The highest BCUT2D eigenvalue weighted by molar-refractivity contribution is 5.69. The van der Waals surface area contributed by atoms with Gasteiger partial charge in [-0.1, -0.05) is 44.5 Å². The molecule has 2 nitrogen and oxygen atoms in total. The molecule has 17 heavy (non-hydrogen) atoms. The second kappa shape index (κ2) is 7.10. The minimum Gasteiger partial charge on any atom is -0.481 e. The van der Waals surface area contributed by atoms with Crippen molar-refractivity contribution in [3.8, 4) is 0 Å². The van der Waals surface area contributed by atoms with E-state index in [-0.39, 0.29) is 5.92 Å². The molecule has 0 bridgehead atoms. The number of carboxylic acid groups (broad SMARTS) is 1. The van der Waals surface area contributed by atoms with Gasteiger partial charge in [0, 0.05) is 0 Å². The monoisotopic (exact) mass is 234 g/mol. The van der Waals surface area contributed by atoms with Gasteiger partial charge >= 0.3 is 5.97 Å². The van der Waals surface area contributed by atoms with Crippen molar-refractivity contribution in [1.29, 1.82) is 0 Å². The van der Waals surface area contributed by atoms with Gasteiger partial charge < -0.3 is 5.11 Å². The van der Waals surface area contributed by atoms with Gasteiger partial charge in [0.05, 0.1) is 5.92 Å². The predicted molar refractivity (Wildman–Crippen MR) is 70.2 cm³/mol. The van der Waals surface area contributed by atoms with Crippen LogP contribution >= 0.6 is 0 Å². The molecule has 94 valence electrons. The fourth-order valence-electron chi connectivity index (χ4n) is 2.22. The first-order valence-corrected chi connectivity index (χ1v) is 6.48. The van der Waals surface area contributed by atoms with Crippen LogP contribution in [0.25, 0.3) is 0 Å². The lowest BCUT2D eigenvalue weighted by Crippen LogP contribution is -2.14. The highest BCUT2D eigenvalue weighted by Crippen LogP contribution is 2.18. The maximum absolute atomic E-state index is 11.1. The number of aliphatic carboxylic acids is 1. The molecule has 1 aromatic rings. The Hall–Kier alpha value is -1.31. The van der Waals surface area contributed by atoms with E-state index in [1.807, 2.05) is 19.1 Å². The Morgan fingerprint density at radius 2 is 1.82 bits per heavy atom. The molecule has 0 heterocycles. The van der Waals surface area contributed by atoms with Crippen LogP contribution in [0.5, 0.6) is 0 Å². The Morgan fingerprint density at radius 1 is 1.18 bits per heavy atom. The van der Waals surface area contributed by atoms with Gasteiger partial charge in [-0.2, -0.15) is 0 Å². The van der Waals surface area contributed by atoms with Crippen molar-refractivity contribution >= 4 is 5.97 Å². The Balaban J connectivity index is 2.61. The van der Waals surface area contributed by atoms with E-state index in [0.29, 0.717) is 0 Å². The summed E-state index contributed by atoms with van der Waals surface area (Å²) in [6.07, 6.45) is 4.36. The minimum absolute atomic E-state index is 0.190. The summed E-state index contributed by atoms with van der Waals surface area (Å²) in [4.78, 5) is 11.1. The summed E-state index contributed by atoms with van der Waals surface area (Å²) in [6.45, 7) is 4.18. The van der Waals surface area contributed by atoms with Crippen LogP contribution < -0.4 is 0 Å². The van der Waals surface area contributed by atoms with Crippen molar-refractivity contribution in [2.24, 2.45) is 5.92 Å². The van der Waals surface area contributed by atoms with Crippen LogP contribution in [-0.2, 0) is 17.6 Å². The van der Waals surface area contributed by atoms with Crippen LogP contribution in [0.4, 0.5) is 0 Å². The van der Waals surface area contributed by atoms with Crippen LogP contribution in [0.2, 0.25) is 0 Å². The first-order chi connectivity index (χ1) is 8.19. The Morgan fingerprint density at radius 3 is 2.35 bits per heavy atom. The number of benzene rings is 1. The SMILES string of the molecule is CCCC(CCc1ccccc1CC)C(=O)O. The van der Waals surface area contributed by atoms with Crippen LogP contribution in [0.15, 0.2) is 24.3 Å². The van der Waals surface area contributed by atoms with E-state index in [9.17, 15) is 4.79 Å². The summed E-state index contributed by atoms with van der Waals surface area (Å²) in [5.74, 6) is -0.842. The average Bonchev–Trinajstić information content (AvgIpc) is 2.34. The van der Waals surface area contributed by atoms with E-state index in [2.05, 4.69) is 19.1 Å². The fraction of sp³-hybridized carbons (Fsp3) is 0.533. The minimum atomic E-state index is -0.652. The van der Waals surface area contributed by atoms with Gasteiger partial charge in [-0.3, -0.25) is 4.79 Å². The summed E-state index contributed by atoms with van der Waals surface area (Å²) in [5.41, 5.74) is 2.64. The van der Waals surface area contributed by atoms with E-state index < -0.39 is 5.97 Å². The third-order valence-corrected chi connectivity index (χ3v) is 3.25. The molecule has 0 saturated carbocycles. The molecule has 0 aliphatic heterocycles. The quantitative estimate of drug-likeness (QED) is 0.781. The summed E-state index contributed by atoms with van der Waals surface area (Å²) < 4.78 is 0. The molecule has 1 aromatic carbocycles. The van der Waals surface area contributed by atoms with Crippen LogP contribution in [0.1, 0.15) is 44.2 Å². The zero-order valence-electron chi connectivity index (χ0n) is 10.8. The first kappa shape index (κ1) is 13.8. The second-order valence-corrected chi connectivity index (χ2v) is 4.48. The lowest BCUT2D eigenvalue weighted by molar-refractivity contribution is -0.142. The van der Waals surface area contributed by atoms with Gasteiger partial charge in [0.1, 0.15) is 0 Å². The van der Waals surface area contributed by atoms with Gasteiger partial charge in [-0.15, -0.1) is 0 Å². The van der Waals surface area contributed by atoms with Crippen LogP contribution in [0.3, 0.4) is 0 Å². The van der Waals surface area contributed by atoms with Gasteiger partial charge in [-0.25, -0.2) is 0 Å². The molecule has 1 unspecified atom stereocenters. The van der Waals surface area contributed by atoms with Crippen LogP contribution in [0, 0.1) is 5.92 Å². The highest BCUT2D eigenvalue weighted by atomic mass is 16.4.